The highest BCUT2D eigenvalue weighted by molar-refractivity contribution is 5.92. The number of nitrogen functional groups attached to an aromatic ring is 1. The Balaban J connectivity index is 2.11. The summed E-state index contributed by atoms with van der Waals surface area (Å²) in [5.74, 6) is 0.602. The molecule has 2 N–H and O–H groups in total. The van der Waals surface area contributed by atoms with Crippen molar-refractivity contribution in [3.05, 3.63) is 53.9 Å². The Bertz CT molecular complexity index is 614. The fourth-order valence-corrected chi connectivity index (χ4v) is 1.88. The number of nitrogens with two attached hydrogens (primary N) is 1. The van der Waals surface area contributed by atoms with Crippen molar-refractivity contribution >= 4 is 11.6 Å². The first-order valence-corrected chi connectivity index (χ1v) is 6.20. The van der Waals surface area contributed by atoms with Gasteiger partial charge in [-0.1, -0.05) is 12.1 Å². The number of pyridine rings is 1. The van der Waals surface area contributed by atoms with E-state index in [9.17, 15) is 4.79 Å². The minimum Gasteiger partial charge on any atom is -0.497 e. The molecule has 5 nitrogen and oxygen atoms in total. The topological polar surface area (TPSA) is 68.5 Å². The van der Waals surface area contributed by atoms with Gasteiger partial charge in [-0.15, -0.1) is 0 Å². The van der Waals surface area contributed by atoms with E-state index in [-0.39, 0.29) is 5.91 Å². The minimum absolute atomic E-state index is 0.167. The van der Waals surface area contributed by atoms with Gasteiger partial charge < -0.3 is 15.4 Å². The molecule has 1 aromatic carbocycles. The van der Waals surface area contributed by atoms with Crippen LogP contribution in [0.4, 0.5) is 5.69 Å². The molecule has 2 aromatic rings. The van der Waals surface area contributed by atoms with E-state index in [0.717, 1.165) is 11.3 Å². The quantitative estimate of drug-likeness (QED) is 0.922. The molecule has 1 amide bonds. The molecule has 0 aliphatic heterocycles. The second-order valence-corrected chi connectivity index (χ2v) is 4.49. The summed E-state index contributed by atoms with van der Waals surface area (Å²) in [6, 6.07) is 10.8. The number of methoxy groups -OCH3 is 1. The second-order valence-electron chi connectivity index (χ2n) is 4.49. The fourth-order valence-electron chi connectivity index (χ4n) is 1.88. The van der Waals surface area contributed by atoms with E-state index in [0.29, 0.717) is 17.9 Å². The molecular formula is C15H17N3O2. The van der Waals surface area contributed by atoms with Gasteiger partial charge in [-0.3, -0.25) is 9.78 Å². The Morgan fingerprint density at radius 3 is 2.85 bits per heavy atom. The van der Waals surface area contributed by atoms with Gasteiger partial charge in [-0.25, -0.2) is 0 Å². The standard InChI is InChI=1S/C15H17N3O2/c1-18(10-11-4-3-5-13(8-11)20-2)15(19)14-9-12(16)6-7-17-14/h3-9H,10H2,1-2H3,(H2,16,17). The maximum absolute atomic E-state index is 12.2. The first-order chi connectivity index (χ1) is 9.60. The number of rotatable bonds is 4. The number of nitrogens with zero attached hydrogens (tertiary/aromatic N) is 2. The minimum atomic E-state index is -0.167. The van der Waals surface area contributed by atoms with Crippen LogP contribution in [-0.4, -0.2) is 29.9 Å². The van der Waals surface area contributed by atoms with Crippen molar-refractivity contribution in [1.82, 2.24) is 9.88 Å². The van der Waals surface area contributed by atoms with E-state index in [4.69, 9.17) is 10.5 Å². The van der Waals surface area contributed by atoms with E-state index < -0.39 is 0 Å². The highest BCUT2D eigenvalue weighted by atomic mass is 16.5. The summed E-state index contributed by atoms with van der Waals surface area (Å²) in [5.41, 5.74) is 7.52. The highest BCUT2D eigenvalue weighted by Crippen LogP contribution is 2.15. The summed E-state index contributed by atoms with van der Waals surface area (Å²) in [6.45, 7) is 0.479. The number of ether oxygens (including phenoxy) is 1. The highest BCUT2D eigenvalue weighted by Gasteiger charge is 2.13. The normalized spacial score (nSPS) is 10.1. The molecule has 0 unspecified atom stereocenters. The summed E-state index contributed by atoms with van der Waals surface area (Å²) in [5, 5.41) is 0. The molecule has 0 radical (unpaired) electrons. The van der Waals surface area contributed by atoms with Crippen LogP contribution < -0.4 is 10.5 Å². The van der Waals surface area contributed by atoms with Gasteiger partial charge in [-0.2, -0.15) is 0 Å². The molecule has 0 saturated carbocycles. The van der Waals surface area contributed by atoms with Crippen molar-refractivity contribution in [2.24, 2.45) is 0 Å². The lowest BCUT2D eigenvalue weighted by atomic mass is 10.2. The Morgan fingerprint density at radius 1 is 1.35 bits per heavy atom. The number of anilines is 1. The average Bonchev–Trinajstić information content (AvgIpc) is 2.46. The molecular weight excluding hydrogens is 254 g/mol. The Hall–Kier alpha value is -2.56. The van der Waals surface area contributed by atoms with Gasteiger partial charge in [0.05, 0.1) is 7.11 Å². The van der Waals surface area contributed by atoms with Crippen LogP contribution in [0.25, 0.3) is 0 Å². The molecule has 1 heterocycles. The Kier molecular flexibility index (Phi) is 4.20. The smallest absolute Gasteiger partial charge is 0.272 e. The van der Waals surface area contributed by atoms with Gasteiger partial charge in [0.1, 0.15) is 11.4 Å². The summed E-state index contributed by atoms with van der Waals surface area (Å²) in [6.07, 6.45) is 1.53. The van der Waals surface area contributed by atoms with E-state index in [1.807, 2.05) is 24.3 Å². The largest absolute Gasteiger partial charge is 0.497 e. The van der Waals surface area contributed by atoms with E-state index in [1.165, 1.54) is 6.20 Å². The predicted octanol–water partition coefficient (Wildman–Crippen LogP) is 1.94. The van der Waals surface area contributed by atoms with Crippen LogP contribution in [0.15, 0.2) is 42.6 Å². The number of amides is 1. The number of hydrogen-bond donors (Lipinski definition) is 1. The van der Waals surface area contributed by atoms with Gasteiger partial charge in [0.15, 0.2) is 0 Å². The zero-order valence-electron chi connectivity index (χ0n) is 11.5. The maximum atomic E-state index is 12.2. The monoisotopic (exact) mass is 271 g/mol. The molecule has 0 bridgehead atoms. The molecule has 20 heavy (non-hydrogen) atoms. The zero-order valence-corrected chi connectivity index (χ0v) is 11.5. The lowest BCUT2D eigenvalue weighted by molar-refractivity contribution is 0.0779. The zero-order chi connectivity index (χ0) is 14.5. The van der Waals surface area contributed by atoms with Crippen LogP contribution in [-0.2, 0) is 6.54 Å². The lowest BCUT2D eigenvalue weighted by Crippen LogP contribution is -2.27. The van der Waals surface area contributed by atoms with E-state index >= 15 is 0 Å². The van der Waals surface area contributed by atoms with Gasteiger partial charge in [-0.05, 0) is 29.8 Å². The maximum Gasteiger partial charge on any atom is 0.272 e. The third-order valence-electron chi connectivity index (χ3n) is 2.90. The third-order valence-corrected chi connectivity index (χ3v) is 2.90. The molecule has 1 aromatic heterocycles. The number of carbonyl (C=O) groups is 1. The van der Waals surface area contributed by atoms with Gasteiger partial charge in [0.25, 0.3) is 5.91 Å². The summed E-state index contributed by atoms with van der Waals surface area (Å²) in [4.78, 5) is 17.9. The van der Waals surface area contributed by atoms with Crippen LogP contribution >= 0.6 is 0 Å². The van der Waals surface area contributed by atoms with Gasteiger partial charge in [0, 0.05) is 25.5 Å². The average molecular weight is 271 g/mol. The van der Waals surface area contributed by atoms with Gasteiger partial charge >= 0.3 is 0 Å². The number of benzene rings is 1. The number of hydrogen-bond acceptors (Lipinski definition) is 4. The first-order valence-electron chi connectivity index (χ1n) is 6.20. The van der Waals surface area contributed by atoms with E-state index in [2.05, 4.69) is 4.98 Å². The van der Waals surface area contributed by atoms with Crippen LogP contribution in [0.3, 0.4) is 0 Å². The van der Waals surface area contributed by atoms with Crippen molar-refractivity contribution in [1.29, 1.82) is 0 Å². The SMILES string of the molecule is COc1cccc(CN(C)C(=O)c2cc(N)ccn2)c1. The van der Waals surface area contributed by atoms with Crippen molar-refractivity contribution < 1.29 is 9.53 Å². The predicted molar refractivity (Wildman–Crippen MR) is 77.4 cm³/mol. The van der Waals surface area contributed by atoms with Crippen molar-refractivity contribution in [3.8, 4) is 5.75 Å². The van der Waals surface area contributed by atoms with Crippen molar-refractivity contribution in [3.63, 3.8) is 0 Å². The Morgan fingerprint density at radius 2 is 2.15 bits per heavy atom. The van der Waals surface area contributed by atoms with Crippen molar-refractivity contribution in [2.45, 2.75) is 6.54 Å². The molecule has 0 fully saturated rings. The fraction of sp³-hybridized carbons (Fsp3) is 0.200. The molecule has 0 atom stereocenters. The number of aromatic nitrogens is 1. The lowest BCUT2D eigenvalue weighted by Gasteiger charge is -2.17. The Labute approximate surface area is 118 Å². The van der Waals surface area contributed by atoms with Crippen LogP contribution in [0, 0.1) is 0 Å². The molecule has 0 aliphatic rings. The summed E-state index contributed by atoms with van der Waals surface area (Å²) < 4.78 is 5.16. The third kappa shape index (κ3) is 3.26. The number of carbonyl (C=O) groups excluding carboxylic acids is 1. The first kappa shape index (κ1) is 13.9. The second kappa shape index (κ2) is 6.06. The van der Waals surface area contributed by atoms with Gasteiger partial charge in [0.2, 0.25) is 0 Å². The van der Waals surface area contributed by atoms with E-state index in [1.54, 1.807) is 31.2 Å². The summed E-state index contributed by atoms with van der Waals surface area (Å²) >= 11 is 0. The molecule has 104 valence electrons. The molecule has 0 saturated heterocycles. The van der Waals surface area contributed by atoms with Crippen LogP contribution in [0.1, 0.15) is 16.1 Å². The molecule has 5 heteroatoms. The van der Waals surface area contributed by atoms with Crippen LogP contribution in [0.5, 0.6) is 5.75 Å². The molecule has 0 spiro atoms. The summed E-state index contributed by atoms with van der Waals surface area (Å²) in [7, 11) is 3.34. The molecule has 0 aliphatic carbocycles. The molecule has 2 rings (SSSR count). The van der Waals surface area contributed by atoms with Crippen LogP contribution in [0.2, 0.25) is 0 Å². The van der Waals surface area contributed by atoms with Crippen molar-refractivity contribution in [2.75, 3.05) is 19.9 Å².